The van der Waals surface area contributed by atoms with E-state index in [2.05, 4.69) is 63.6 Å². The van der Waals surface area contributed by atoms with Gasteiger partial charge < -0.3 is 5.32 Å². The molecular formula is C27H32N4O3S. The summed E-state index contributed by atoms with van der Waals surface area (Å²) >= 11 is 0. The van der Waals surface area contributed by atoms with Crippen molar-refractivity contribution in [3.05, 3.63) is 102 Å². The Hall–Kier alpha value is -3.04. The molecule has 1 amide bonds. The topological polar surface area (TPSA) is 95.7 Å². The first-order chi connectivity index (χ1) is 16.9. The van der Waals surface area contributed by atoms with E-state index in [0.29, 0.717) is 19.5 Å². The van der Waals surface area contributed by atoms with E-state index in [4.69, 9.17) is 5.14 Å². The van der Waals surface area contributed by atoms with Crippen LogP contribution in [0.4, 0.5) is 0 Å². The molecule has 0 unspecified atom stereocenters. The van der Waals surface area contributed by atoms with Crippen LogP contribution < -0.4 is 10.5 Å². The van der Waals surface area contributed by atoms with Gasteiger partial charge in [0.1, 0.15) is 0 Å². The number of nitrogens with zero attached hydrogens (tertiary/aromatic N) is 2. The van der Waals surface area contributed by atoms with E-state index in [1.165, 1.54) is 23.3 Å². The van der Waals surface area contributed by atoms with Crippen LogP contribution in [0.15, 0.2) is 89.8 Å². The number of benzene rings is 3. The zero-order valence-corrected chi connectivity index (χ0v) is 20.5. The number of amides is 1. The molecule has 0 spiro atoms. The molecule has 0 atom stereocenters. The van der Waals surface area contributed by atoms with E-state index in [9.17, 15) is 13.2 Å². The van der Waals surface area contributed by atoms with E-state index in [-0.39, 0.29) is 16.8 Å². The van der Waals surface area contributed by atoms with Crippen molar-refractivity contribution in [3.63, 3.8) is 0 Å². The van der Waals surface area contributed by atoms with Gasteiger partial charge in [0.2, 0.25) is 15.9 Å². The predicted octanol–water partition coefficient (Wildman–Crippen LogP) is 2.40. The molecule has 8 heteroatoms. The lowest BCUT2D eigenvalue weighted by atomic mass is 9.96. The first-order valence-electron chi connectivity index (χ1n) is 11.8. The highest BCUT2D eigenvalue weighted by Crippen LogP contribution is 2.29. The van der Waals surface area contributed by atoms with Gasteiger partial charge in [-0.15, -0.1) is 0 Å². The van der Waals surface area contributed by atoms with E-state index in [1.807, 2.05) is 12.1 Å². The zero-order valence-electron chi connectivity index (χ0n) is 19.7. The maximum absolute atomic E-state index is 12.5. The molecule has 1 saturated heterocycles. The van der Waals surface area contributed by atoms with Gasteiger partial charge in [0.15, 0.2) is 0 Å². The first kappa shape index (κ1) is 25.1. The maximum atomic E-state index is 12.5. The van der Waals surface area contributed by atoms with Crippen LogP contribution in [0.3, 0.4) is 0 Å². The van der Waals surface area contributed by atoms with Crippen LogP contribution in [0.1, 0.15) is 22.7 Å². The molecule has 4 rings (SSSR count). The third-order valence-electron chi connectivity index (χ3n) is 6.36. The Bertz CT molecular complexity index is 1150. The Morgan fingerprint density at radius 1 is 0.829 bits per heavy atom. The number of carbonyl (C=O) groups excluding carboxylic acids is 1. The molecule has 3 aromatic carbocycles. The molecule has 0 radical (unpaired) electrons. The predicted molar refractivity (Wildman–Crippen MR) is 137 cm³/mol. The fraction of sp³-hybridized carbons (Fsp3) is 0.296. The Kier molecular flexibility index (Phi) is 8.30. The molecule has 1 heterocycles. The Morgan fingerprint density at radius 2 is 1.37 bits per heavy atom. The minimum Gasteiger partial charge on any atom is -0.355 e. The first-order valence-corrected chi connectivity index (χ1v) is 13.4. The van der Waals surface area contributed by atoms with Gasteiger partial charge in [0.05, 0.1) is 17.5 Å². The SMILES string of the molecule is NS(=O)(=O)c1ccc(CCNC(=O)CN2CCN(C(c3ccccc3)c3ccccc3)CC2)cc1. The molecular weight excluding hydrogens is 460 g/mol. The van der Waals surface area contributed by atoms with E-state index in [0.717, 1.165) is 31.7 Å². The summed E-state index contributed by atoms with van der Waals surface area (Å²) in [5.41, 5.74) is 3.50. The molecule has 1 fully saturated rings. The minimum atomic E-state index is -3.69. The monoisotopic (exact) mass is 492 g/mol. The number of nitrogens with one attached hydrogen (secondary N) is 1. The van der Waals surface area contributed by atoms with Crippen molar-refractivity contribution in [2.45, 2.75) is 17.4 Å². The largest absolute Gasteiger partial charge is 0.355 e. The van der Waals surface area contributed by atoms with Gasteiger partial charge >= 0.3 is 0 Å². The van der Waals surface area contributed by atoms with Crippen molar-refractivity contribution in [2.75, 3.05) is 39.3 Å². The Balaban J connectivity index is 1.26. The quantitative estimate of drug-likeness (QED) is 0.478. The molecule has 3 aromatic rings. The van der Waals surface area contributed by atoms with Gasteiger partial charge in [-0.25, -0.2) is 13.6 Å². The number of nitrogens with two attached hydrogens (primary N) is 1. The van der Waals surface area contributed by atoms with Crippen molar-refractivity contribution in [3.8, 4) is 0 Å². The number of piperazine rings is 1. The lowest BCUT2D eigenvalue weighted by Gasteiger charge is -2.39. The second kappa shape index (κ2) is 11.6. The molecule has 184 valence electrons. The van der Waals surface area contributed by atoms with Gasteiger partial charge in [-0.05, 0) is 35.2 Å². The van der Waals surface area contributed by atoms with E-state index >= 15 is 0 Å². The van der Waals surface area contributed by atoms with Gasteiger partial charge in [0.25, 0.3) is 0 Å². The fourth-order valence-corrected chi connectivity index (χ4v) is 5.03. The number of primary sulfonamides is 1. The summed E-state index contributed by atoms with van der Waals surface area (Å²) in [4.78, 5) is 17.3. The van der Waals surface area contributed by atoms with Crippen molar-refractivity contribution in [2.24, 2.45) is 5.14 Å². The maximum Gasteiger partial charge on any atom is 0.238 e. The minimum absolute atomic E-state index is 0.00211. The van der Waals surface area contributed by atoms with Crippen LogP contribution in [0, 0.1) is 0 Å². The Morgan fingerprint density at radius 3 is 1.89 bits per heavy atom. The molecule has 1 aliphatic rings. The normalized spacial score (nSPS) is 15.3. The van der Waals surface area contributed by atoms with E-state index in [1.54, 1.807) is 12.1 Å². The standard InChI is InChI=1S/C27H32N4O3S/c28-35(33,34)25-13-11-22(12-14-25)15-16-29-26(32)21-30-17-19-31(20-18-30)27(23-7-3-1-4-8-23)24-9-5-2-6-10-24/h1-14,27H,15-21H2,(H,29,32)(H2,28,33,34). The molecule has 3 N–H and O–H groups in total. The van der Waals surface area contributed by atoms with Gasteiger partial charge in [-0.1, -0.05) is 72.8 Å². The lowest BCUT2D eigenvalue weighted by molar-refractivity contribution is -0.122. The highest BCUT2D eigenvalue weighted by molar-refractivity contribution is 7.89. The summed E-state index contributed by atoms with van der Waals surface area (Å²) in [6.45, 7) is 4.31. The van der Waals surface area contributed by atoms with Crippen LogP contribution >= 0.6 is 0 Å². The number of sulfonamides is 1. The van der Waals surface area contributed by atoms with Gasteiger partial charge in [0, 0.05) is 32.7 Å². The number of rotatable bonds is 9. The molecule has 0 saturated carbocycles. The highest BCUT2D eigenvalue weighted by atomic mass is 32.2. The summed E-state index contributed by atoms with van der Waals surface area (Å²) < 4.78 is 22.7. The van der Waals surface area contributed by atoms with Crippen molar-refractivity contribution in [1.29, 1.82) is 0 Å². The average molecular weight is 493 g/mol. The van der Waals surface area contributed by atoms with Crippen LogP contribution in [0.2, 0.25) is 0 Å². The van der Waals surface area contributed by atoms with Gasteiger partial charge in [-0.3, -0.25) is 14.6 Å². The van der Waals surface area contributed by atoms with Crippen LogP contribution in [0.5, 0.6) is 0 Å². The fourth-order valence-electron chi connectivity index (χ4n) is 4.52. The van der Waals surface area contributed by atoms with Crippen LogP contribution in [-0.4, -0.2) is 63.4 Å². The lowest BCUT2D eigenvalue weighted by Crippen LogP contribution is -2.50. The molecule has 35 heavy (non-hydrogen) atoms. The summed E-state index contributed by atoms with van der Waals surface area (Å²) in [5.74, 6) is 0.00211. The number of carbonyl (C=O) groups is 1. The third kappa shape index (κ3) is 6.99. The van der Waals surface area contributed by atoms with Gasteiger partial charge in [-0.2, -0.15) is 0 Å². The third-order valence-corrected chi connectivity index (χ3v) is 7.29. The number of hydrogen-bond acceptors (Lipinski definition) is 5. The van der Waals surface area contributed by atoms with Crippen molar-refractivity contribution >= 4 is 15.9 Å². The Labute approximate surface area is 207 Å². The second-order valence-corrected chi connectivity index (χ2v) is 10.4. The summed E-state index contributed by atoms with van der Waals surface area (Å²) in [6.07, 6.45) is 0.625. The zero-order chi connectivity index (χ0) is 24.7. The van der Waals surface area contributed by atoms with Crippen molar-refractivity contribution < 1.29 is 13.2 Å². The van der Waals surface area contributed by atoms with Crippen LogP contribution in [0.25, 0.3) is 0 Å². The summed E-state index contributed by atoms with van der Waals surface area (Å²) in [7, 11) is -3.69. The van der Waals surface area contributed by atoms with E-state index < -0.39 is 10.0 Å². The molecule has 7 nitrogen and oxygen atoms in total. The van der Waals surface area contributed by atoms with Crippen LogP contribution in [-0.2, 0) is 21.2 Å². The smallest absolute Gasteiger partial charge is 0.238 e. The van der Waals surface area contributed by atoms with Crippen molar-refractivity contribution in [1.82, 2.24) is 15.1 Å². The number of hydrogen-bond donors (Lipinski definition) is 2. The molecule has 0 bridgehead atoms. The average Bonchev–Trinajstić information content (AvgIpc) is 2.86. The summed E-state index contributed by atoms with van der Waals surface area (Å²) in [6, 6.07) is 27.8. The highest BCUT2D eigenvalue weighted by Gasteiger charge is 2.26. The molecule has 1 aliphatic heterocycles. The second-order valence-electron chi connectivity index (χ2n) is 8.82. The summed E-state index contributed by atoms with van der Waals surface area (Å²) in [5, 5.41) is 8.10. The molecule has 0 aromatic heterocycles. The molecule has 0 aliphatic carbocycles.